The summed E-state index contributed by atoms with van der Waals surface area (Å²) in [7, 11) is 0. The van der Waals surface area contributed by atoms with Crippen LogP contribution in [0.5, 0.6) is 5.75 Å². The average Bonchev–Trinajstić information content (AvgIpc) is 2.37. The first-order chi connectivity index (χ1) is 8.95. The summed E-state index contributed by atoms with van der Waals surface area (Å²) in [5.74, 6) is 0.0296. The molecule has 0 aliphatic rings. The summed E-state index contributed by atoms with van der Waals surface area (Å²) < 4.78 is 37.3. The Balaban J connectivity index is 2.05. The standard InChI is InChI=1S/C12H10F3N3O/c13-12(14,15)10-5-6-16-11(18-10)17-7-8-1-3-9(19)4-2-8/h1-6,19H,7H2,(H,16,17,18). The average molecular weight is 269 g/mol. The lowest BCUT2D eigenvalue weighted by Gasteiger charge is -2.08. The van der Waals surface area contributed by atoms with Gasteiger partial charge in [0.2, 0.25) is 5.95 Å². The molecule has 0 saturated heterocycles. The van der Waals surface area contributed by atoms with Gasteiger partial charge in [0.1, 0.15) is 11.4 Å². The lowest BCUT2D eigenvalue weighted by Crippen LogP contribution is -2.11. The van der Waals surface area contributed by atoms with Crippen molar-refractivity contribution in [3.63, 3.8) is 0 Å². The molecule has 7 heteroatoms. The predicted octanol–water partition coefficient (Wildman–Crippen LogP) is 2.81. The van der Waals surface area contributed by atoms with Crippen LogP contribution < -0.4 is 5.32 Å². The Labute approximate surface area is 106 Å². The van der Waals surface area contributed by atoms with Crippen LogP contribution in [0, 0.1) is 0 Å². The maximum Gasteiger partial charge on any atom is 0.433 e. The number of hydrogen-bond donors (Lipinski definition) is 2. The van der Waals surface area contributed by atoms with E-state index >= 15 is 0 Å². The van der Waals surface area contributed by atoms with Gasteiger partial charge < -0.3 is 10.4 Å². The molecule has 1 heterocycles. The molecule has 19 heavy (non-hydrogen) atoms. The molecule has 0 saturated carbocycles. The van der Waals surface area contributed by atoms with Crippen molar-refractivity contribution in [3.8, 4) is 5.75 Å². The number of anilines is 1. The Bertz CT molecular complexity index is 555. The van der Waals surface area contributed by atoms with Crippen molar-refractivity contribution in [1.29, 1.82) is 0 Å². The Hall–Kier alpha value is -2.31. The van der Waals surface area contributed by atoms with Crippen molar-refractivity contribution in [2.24, 2.45) is 0 Å². The number of alkyl halides is 3. The van der Waals surface area contributed by atoms with Gasteiger partial charge in [-0.05, 0) is 23.8 Å². The minimum absolute atomic E-state index is 0.0945. The first-order valence-electron chi connectivity index (χ1n) is 5.37. The van der Waals surface area contributed by atoms with E-state index in [1.54, 1.807) is 12.1 Å². The second-order valence-corrected chi connectivity index (χ2v) is 3.78. The van der Waals surface area contributed by atoms with Crippen molar-refractivity contribution in [2.45, 2.75) is 12.7 Å². The fraction of sp³-hybridized carbons (Fsp3) is 0.167. The van der Waals surface area contributed by atoms with E-state index in [0.29, 0.717) is 0 Å². The number of hydrogen-bond acceptors (Lipinski definition) is 4. The highest BCUT2D eigenvalue weighted by Gasteiger charge is 2.32. The molecular weight excluding hydrogens is 259 g/mol. The van der Waals surface area contributed by atoms with Gasteiger partial charge in [0.05, 0.1) is 0 Å². The van der Waals surface area contributed by atoms with Crippen LogP contribution in [0.3, 0.4) is 0 Å². The van der Waals surface area contributed by atoms with Gasteiger partial charge in [-0.3, -0.25) is 0 Å². The van der Waals surface area contributed by atoms with Crippen LogP contribution in [0.4, 0.5) is 19.1 Å². The highest BCUT2D eigenvalue weighted by Crippen LogP contribution is 2.27. The van der Waals surface area contributed by atoms with Crippen LogP contribution in [-0.4, -0.2) is 15.1 Å². The molecule has 0 radical (unpaired) electrons. The van der Waals surface area contributed by atoms with Gasteiger partial charge in [-0.2, -0.15) is 13.2 Å². The molecule has 2 aromatic rings. The number of benzene rings is 1. The van der Waals surface area contributed by atoms with Crippen molar-refractivity contribution in [3.05, 3.63) is 47.8 Å². The Morgan fingerprint density at radius 3 is 2.42 bits per heavy atom. The van der Waals surface area contributed by atoms with Gasteiger partial charge in [0.25, 0.3) is 0 Å². The maximum absolute atomic E-state index is 12.4. The topological polar surface area (TPSA) is 58.0 Å². The summed E-state index contributed by atoms with van der Waals surface area (Å²) in [6.07, 6.45) is -3.44. The molecule has 2 N–H and O–H groups in total. The second-order valence-electron chi connectivity index (χ2n) is 3.78. The first kappa shape index (κ1) is 13.1. The molecule has 0 bridgehead atoms. The minimum atomic E-state index is -4.49. The summed E-state index contributed by atoms with van der Waals surface area (Å²) in [5, 5.41) is 11.8. The normalized spacial score (nSPS) is 11.3. The van der Waals surface area contributed by atoms with E-state index in [1.165, 1.54) is 12.1 Å². The highest BCUT2D eigenvalue weighted by molar-refractivity contribution is 5.31. The number of rotatable bonds is 3. The number of halogens is 3. The minimum Gasteiger partial charge on any atom is -0.508 e. The SMILES string of the molecule is Oc1ccc(CNc2nccc(C(F)(F)F)n2)cc1. The molecule has 0 amide bonds. The Morgan fingerprint density at radius 1 is 1.11 bits per heavy atom. The van der Waals surface area contributed by atoms with Crippen molar-refractivity contribution >= 4 is 5.95 Å². The van der Waals surface area contributed by atoms with Gasteiger partial charge in [-0.1, -0.05) is 12.1 Å². The van der Waals surface area contributed by atoms with Crippen molar-refractivity contribution in [1.82, 2.24) is 9.97 Å². The third kappa shape index (κ3) is 3.57. The first-order valence-corrected chi connectivity index (χ1v) is 5.37. The van der Waals surface area contributed by atoms with Gasteiger partial charge in [0, 0.05) is 12.7 Å². The van der Waals surface area contributed by atoms with E-state index < -0.39 is 11.9 Å². The highest BCUT2D eigenvalue weighted by atomic mass is 19.4. The van der Waals surface area contributed by atoms with Crippen LogP contribution in [0.1, 0.15) is 11.3 Å². The van der Waals surface area contributed by atoms with Gasteiger partial charge >= 0.3 is 6.18 Å². The number of nitrogens with zero attached hydrogens (tertiary/aromatic N) is 2. The number of aromatic nitrogens is 2. The molecule has 0 aliphatic heterocycles. The third-order valence-electron chi connectivity index (χ3n) is 2.33. The summed E-state index contributed by atoms with van der Waals surface area (Å²) in [6.45, 7) is 0.265. The fourth-order valence-electron chi connectivity index (χ4n) is 1.40. The monoisotopic (exact) mass is 269 g/mol. The van der Waals surface area contributed by atoms with Crippen LogP contribution in [-0.2, 0) is 12.7 Å². The molecule has 0 aliphatic carbocycles. The molecule has 0 fully saturated rings. The largest absolute Gasteiger partial charge is 0.508 e. The molecular formula is C12H10F3N3O. The van der Waals surface area contributed by atoms with E-state index in [-0.39, 0.29) is 18.2 Å². The van der Waals surface area contributed by atoms with E-state index in [0.717, 1.165) is 17.8 Å². The van der Waals surface area contributed by atoms with Gasteiger partial charge in [-0.15, -0.1) is 0 Å². The molecule has 0 unspecified atom stereocenters. The van der Waals surface area contributed by atoms with E-state index in [2.05, 4.69) is 15.3 Å². The van der Waals surface area contributed by atoms with Gasteiger partial charge in [0.15, 0.2) is 0 Å². The quantitative estimate of drug-likeness (QED) is 0.899. The van der Waals surface area contributed by atoms with Crippen LogP contribution in [0.25, 0.3) is 0 Å². The lowest BCUT2D eigenvalue weighted by molar-refractivity contribution is -0.141. The molecule has 1 aromatic carbocycles. The zero-order valence-corrected chi connectivity index (χ0v) is 9.65. The predicted molar refractivity (Wildman–Crippen MR) is 62.5 cm³/mol. The van der Waals surface area contributed by atoms with E-state index in [4.69, 9.17) is 5.11 Å². The lowest BCUT2D eigenvalue weighted by atomic mass is 10.2. The number of phenolic OH excluding ortho intramolecular Hbond substituents is 1. The molecule has 100 valence electrons. The zero-order chi connectivity index (χ0) is 13.9. The number of aromatic hydroxyl groups is 1. The number of phenols is 1. The summed E-state index contributed by atoms with van der Waals surface area (Å²) in [6, 6.07) is 7.09. The molecule has 1 aromatic heterocycles. The summed E-state index contributed by atoms with van der Waals surface area (Å²) in [5.41, 5.74) is -0.200. The molecule has 2 rings (SSSR count). The number of nitrogens with one attached hydrogen (secondary N) is 1. The molecule has 0 spiro atoms. The van der Waals surface area contributed by atoms with Crippen LogP contribution in [0.15, 0.2) is 36.5 Å². The third-order valence-corrected chi connectivity index (χ3v) is 2.33. The second kappa shape index (κ2) is 5.13. The van der Waals surface area contributed by atoms with E-state index in [1.807, 2.05) is 0 Å². The maximum atomic E-state index is 12.4. The van der Waals surface area contributed by atoms with Crippen molar-refractivity contribution < 1.29 is 18.3 Å². The summed E-state index contributed by atoms with van der Waals surface area (Å²) in [4.78, 5) is 7.09. The Morgan fingerprint density at radius 2 is 1.79 bits per heavy atom. The van der Waals surface area contributed by atoms with E-state index in [9.17, 15) is 13.2 Å². The van der Waals surface area contributed by atoms with Crippen LogP contribution in [0.2, 0.25) is 0 Å². The smallest absolute Gasteiger partial charge is 0.433 e. The molecule has 4 nitrogen and oxygen atoms in total. The molecule has 0 atom stereocenters. The van der Waals surface area contributed by atoms with Crippen molar-refractivity contribution in [2.75, 3.05) is 5.32 Å². The fourth-order valence-corrected chi connectivity index (χ4v) is 1.40. The Kier molecular flexibility index (Phi) is 3.55. The van der Waals surface area contributed by atoms with Crippen LogP contribution >= 0.6 is 0 Å². The zero-order valence-electron chi connectivity index (χ0n) is 9.65. The summed E-state index contributed by atoms with van der Waals surface area (Å²) >= 11 is 0. The van der Waals surface area contributed by atoms with Gasteiger partial charge in [-0.25, -0.2) is 9.97 Å².